The van der Waals surface area contributed by atoms with Gasteiger partial charge in [-0.15, -0.1) is 0 Å². The second kappa shape index (κ2) is 10.2. The summed E-state index contributed by atoms with van der Waals surface area (Å²) in [6.07, 6.45) is 0. The van der Waals surface area contributed by atoms with Gasteiger partial charge in [-0.25, -0.2) is 9.18 Å². The molecular weight excluding hydrogens is 375 g/mol. The van der Waals surface area contributed by atoms with Gasteiger partial charge >= 0.3 is 12.6 Å². The third-order valence-corrected chi connectivity index (χ3v) is 3.76. The predicted molar refractivity (Wildman–Crippen MR) is 96.8 cm³/mol. The van der Waals surface area contributed by atoms with Gasteiger partial charge in [0.25, 0.3) is 5.91 Å². The maximum atomic E-state index is 12.8. The number of ether oxygens (including phenoxy) is 1. The van der Waals surface area contributed by atoms with Crippen LogP contribution in [0.15, 0.2) is 48.5 Å². The molecule has 6 nitrogen and oxygen atoms in total. The molecule has 2 rings (SSSR count). The molecule has 0 spiro atoms. The molecule has 0 bridgehead atoms. The molecule has 150 valence electrons. The molecule has 2 aromatic rings. The maximum absolute atomic E-state index is 12.8. The van der Waals surface area contributed by atoms with Crippen molar-refractivity contribution in [2.24, 2.45) is 0 Å². The van der Waals surface area contributed by atoms with Crippen LogP contribution < -0.4 is 20.7 Å². The zero-order valence-electron chi connectivity index (χ0n) is 15.0. The monoisotopic (exact) mass is 395 g/mol. The predicted octanol–water partition coefficient (Wildman–Crippen LogP) is 3.22. The van der Waals surface area contributed by atoms with Crippen molar-refractivity contribution in [1.82, 2.24) is 16.0 Å². The molecule has 0 radical (unpaired) electrons. The molecule has 0 aliphatic heterocycles. The Morgan fingerprint density at radius 1 is 0.964 bits per heavy atom. The van der Waals surface area contributed by atoms with E-state index in [2.05, 4.69) is 20.7 Å². The molecule has 9 heteroatoms. The van der Waals surface area contributed by atoms with Gasteiger partial charge in [0.1, 0.15) is 11.6 Å². The first-order valence-electron chi connectivity index (χ1n) is 8.48. The lowest BCUT2D eigenvalue weighted by Gasteiger charge is -2.16. The van der Waals surface area contributed by atoms with E-state index in [-0.39, 0.29) is 30.8 Å². The van der Waals surface area contributed by atoms with Crippen molar-refractivity contribution in [3.8, 4) is 5.75 Å². The minimum atomic E-state index is -2.89. The van der Waals surface area contributed by atoms with Gasteiger partial charge in [0, 0.05) is 18.7 Å². The Kier molecular flexibility index (Phi) is 7.67. The number of amides is 3. The smallest absolute Gasteiger partial charge is 0.387 e. The fourth-order valence-electron chi connectivity index (χ4n) is 2.32. The number of nitrogens with one attached hydrogen (secondary N) is 3. The summed E-state index contributed by atoms with van der Waals surface area (Å²) in [7, 11) is 0. The van der Waals surface area contributed by atoms with Crippen LogP contribution in [0.25, 0.3) is 0 Å². The van der Waals surface area contributed by atoms with Crippen LogP contribution in [0.4, 0.5) is 18.0 Å². The lowest BCUT2D eigenvalue weighted by atomic mass is 10.1. The minimum absolute atomic E-state index is 0.0345. The van der Waals surface area contributed by atoms with Gasteiger partial charge in [0.05, 0.1) is 6.04 Å². The molecule has 0 aromatic heterocycles. The van der Waals surface area contributed by atoms with Crippen LogP contribution in [-0.4, -0.2) is 31.6 Å². The summed E-state index contributed by atoms with van der Waals surface area (Å²) in [5.74, 6) is -0.769. The van der Waals surface area contributed by atoms with Gasteiger partial charge < -0.3 is 20.7 Å². The van der Waals surface area contributed by atoms with Crippen LogP contribution in [-0.2, 0) is 0 Å². The molecule has 3 amide bonds. The van der Waals surface area contributed by atoms with E-state index in [0.717, 1.165) is 0 Å². The van der Waals surface area contributed by atoms with Gasteiger partial charge in [-0.2, -0.15) is 8.78 Å². The Bertz CT molecular complexity index is 783. The number of benzene rings is 2. The Morgan fingerprint density at radius 3 is 2.18 bits per heavy atom. The summed E-state index contributed by atoms with van der Waals surface area (Å²) in [6, 6.07) is 10.2. The van der Waals surface area contributed by atoms with Crippen molar-refractivity contribution in [2.45, 2.75) is 19.6 Å². The fraction of sp³-hybridized carbons (Fsp3) is 0.263. The zero-order valence-corrected chi connectivity index (χ0v) is 15.0. The second-order valence-corrected chi connectivity index (χ2v) is 5.83. The highest BCUT2D eigenvalue weighted by molar-refractivity contribution is 5.94. The molecule has 0 aliphatic rings. The maximum Gasteiger partial charge on any atom is 0.387 e. The van der Waals surface area contributed by atoms with E-state index in [1.165, 1.54) is 36.4 Å². The van der Waals surface area contributed by atoms with Crippen molar-refractivity contribution in [2.75, 3.05) is 13.1 Å². The van der Waals surface area contributed by atoms with Gasteiger partial charge in [-0.05, 0) is 48.9 Å². The average Bonchev–Trinajstić information content (AvgIpc) is 2.65. The van der Waals surface area contributed by atoms with Crippen LogP contribution in [0.2, 0.25) is 0 Å². The number of rotatable bonds is 8. The van der Waals surface area contributed by atoms with Crippen LogP contribution in [0.3, 0.4) is 0 Å². The van der Waals surface area contributed by atoms with E-state index in [9.17, 15) is 22.8 Å². The van der Waals surface area contributed by atoms with Crippen molar-refractivity contribution in [3.63, 3.8) is 0 Å². The van der Waals surface area contributed by atoms with Crippen molar-refractivity contribution in [1.29, 1.82) is 0 Å². The number of alkyl halides is 2. The SMILES string of the molecule is CC(NC(=O)NCCNC(=O)c1ccc(F)cc1)c1ccc(OC(F)F)cc1. The molecule has 28 heavy (non-hydrogen) atoms. The topological polar surface area (TPSA) is 79.5 Å². The number of carbonyl (C=O) groups excluding carboxylic acids is 2. The molecule has 0 fully saturated rings. The molecule has 0 saturated carbocycles. The van der Waals surface area contributed by atoms with Crippen LogP contribution >= 0.6 is 0 Å². The first kappa shape index (κ1) is 21.1. The Hall–Kier alpha value is -3.23. The van der Waals surface area contributed by atoms with E-state index in [1.807, 2.05) is 0 Å². The summed E-state index contributed by atoms with van der Waals surface area (Å²) in [6.45, 7) is -0.779. The largest absolute Gasteiger partial charge is 0.435 e. The number of carbonyl (C=O) groups is 2. The van der Waals surface area contributed by atoms with E-state index in [4.69, 9.17) is 0 Å². The number of halogens is 3. The molecule has 3 N–H and O–H groups in total. The van der Waals surface area contributed by atoms with Gasteiger partial charge in [0.15, 0.2) is 0 Å². The van der Waals surface area contributed by atoms with Crippen molar-refractivity contribution in [3.05, 3.63) is 65.5 Å². The summed E-state index contributed by atoms with van der Waals surface area (Å²) < 4.78 is 41.4. The Balaban J connectivity index is 1.70. The van der Waals surface area contributed by atoms with Crippen LogP contribution in [0.1, 0.15) is 28.9 Å². The average molecular weight is 395 g/mol. The number of hydrogen-bond donors (Lipinski definition) is 3. The molecule has 0 heterocycles. The third kappa shape index (κ3) is 6.82. The number of hydrogen-bond acceptors (Lipinski definition) is 3. The van der Waals surface area contributed by atoms with Crippen molar-refractivity contribution >= 4 is 11.9 Å². The first-order valence-corrected chi connectivity index (χ1v) is 8.48. The van der Waals surface area contributed by atoms with Gasteiger partial charge in [-0.1, -0.05) is 12.1 Å². The Morgan fingerprint density at radius 2 is 1.57 bits per heavy atom. The lowest BCUT2D eigenvalue weighted by molar-refractivity contribution is -0.0498. The van der Waals surface area contributed by atoms with E-state index in [1.54, 1.807) is 19.1 Å². The lowest BCUT2D eigenvalue weighted by Crippen LogP contribution is -2.41. The highest BCUT2D eigenvalue weighted by atomic mass is 19.3. The summed E-state index contributed by atoms with van der Waals surface area (Å²) in [5.41, 5.74) is 1.03. The standard InChI is InChI=1S/C19H20F3N3O3/c1-12(13-4-8-16(9-5-13)28-18(21)22)25-19(27)24-11-10-23-17(26)14-2-6-15(20)7-3-14/h2-9,12,18H,10-11H2,1H3,(H,23,26)(H2,24,25,27). The number of urea groups is 1. The minimum Gasteiger partial charge on any atom is -0.435 e. The quantitative estimate of drug-likeness (QED) is 0.601. The fourth-order valence-corrected chi connectivity index (χ4v) is 2.32. The molecule has 2 aromatic carbocycles. The van der Waals surface area contributed by atoms with Gasteiger partial charge in [-0.3, -0.25) is 4.79 Å². The molecule has 0 saturated heterocycles. The zero-order chi connectivity index (χ0) is 20.5. The van der Waals surface area contributed by atoms with Crippen LogP contribution in [0, 0.1) is 5.82 Å². The van der Waals surface area contributed by atoms with Crippen LogP contribution in [0.5, 0.6) is 5.75 Å². The molecule has 0 aliphatic carbocycles. The summed E-state index contributed by atoms with van der Waals surface area (Å²) in [5, 5.41) is 7.88. The summed E-state index contributed by atoms with van der Waals surface area (Å²) in [4.78, 5) is 23.7. The van der Waals surface area contributed by atoms with E-state index in [0.29, 0.717) is 11.1 Å². The first-order chi connectivity index (χ1) is 13.3. The molecular formula is C19H20F3N3O3. The molecule has 1 atom stereocenters. The highest BCUT2D eigenvalue weighted by Crippen LogP contribution is 2.19. The Labute approximate surface area is 160 Å². The molecule has 1 unspecified atom stereocenters. The van der Waals surface area contributed by atoms with E-state index >= 15 is 0 Å². The normalized spacial score (nSPS) is 11.6. The summed E-state index contributed by atoms with van der Waals surface area (Å²) >= 11 is 0. The van der Waals surface area contributed by atoms with Gasteiger partial charge in [0.2, 0.25) is 0 Å². The highest BCUT2D eigenvalue weighted by Gasteiger charge is 2.11. The van der Waals surface area contributed by atoms with Crippen molar-refractivity contribution < 1.29 is 27.5 Å². The third-order valence-electron chi connectivity index (χ3n) is 3.76. The van der Waals surface area contributed by atoms with E-state index < -0.39 is 18.5 Å². The second-order valence-electron chi connectivity index (χ2n) is 5.83.